The minimum Gasteiger partial charge on any atom is -0.496 e. The number of rotatable bonds is 3. The molecule has 0 aliphatic carbocycles. The fourth-order valence-electron chi connectivity index (χ4n) is 2.05. The second-order valence-corrected chi connectivity index (χ2v) is 4.40. The maximum Gasteiger partial charge on any atom is 0.345 e. The molecule has 1 heterocycles. The molecule has 0 saturated heterocycles. The summed E-state index contributed by atoms with van der Waals surface area (Å²) in [6, 6.07) is 5.30. The van der Waals surface area contributed by atoms with Gasteiger partial charge in [0.2, 0.25) is 0 Å². The van der Waals surface area contributed by atoms with Crippen LogP contribution in [-0.4, -0.2) is 28.2 Å². The largest absolute Gasteiger partial charge is 0.496 e. The Labute approximate surface area is 115 Å². The number of carboxylic acids is 1. The lowest BCUT2D eigenvalue weighted by Crippen LogP contribution is -2.18. The van der Waals surface area contributed by atoms with E-state index in [1.165, 1.54) is 14.0 Å². The molecule has 0 saturated carbocycles. The van der Waals surface area contributed by atoms with Crippen molar-refractivity contribution >= 4 is 5.97 Å². The quantitative estimate of drug-likeness (QED) is 0.889. The van der Waals surface area contributed by atoms with Crippen molar-refractivity contribution in [3.05, 3.63) is 45.5 Å². The van der Waals surface area contributed by atoms with Crippen molar-refractivity contribution in [2.24, 2.45) is 0 Å². The highest BCUT2D eigenvalue weighted by molar-refractivity contribution is 5.96. The first-order valence-electron chi connectivity index (χ1n) is 5.93. The zero-order chi connectivity index (χ0) is 14.9. The molecule has 0 aliphatic heterocycles. The maximum atomic E-state index is 11.5. The maximum absolute atomic E-state index is 11.5. The van der Waals surface area contributed by atoms with E-state index in [0.717, 1.165) is 5.56 Å². The molecule has 0 amide bonds. The summed E-state index contributed by atoms with van der Waals surface area (Å²) < 4.78 is 5.22. The van der Waals surface area contributed by atoms with E-state index in [0.29, 0.717) is 11.3 Å². The number of carbonyl (C=O) groups is 1. The SMILES string of the molecule is COc1ccc(C)cc1-c1nc(=O)[nH]c(C)c1C(=O)O. The van der Waals surface area contributed by atoms with Gasteiger partial charge in [-0.05, 0) is 26.0 Å². The van der Waals surface area contributed by atoms with Gasteiger partial charge in [-0.15, -0.1) is 0 Å². The second kappa shape index (κ2) is 5.16. The van der Waals surface area contributed by atoms with E-state index >= 15 is 0 Å². The van der Waals surface area contributed by atoms with Crippen molar-refractivity contribution in [3.8, 4) is 17.0 Å². The first-order valence-corrected chi connectivity index (χ1v) is 5.93. The molecule has 1 aromatic heterocycles. The molecule has 0 fully saturated rings. The summed E-state index contributed by atoms with van der Waals surface area (Å²) in [6.45, 7) is 3.39. The summed E-state index contributed by atoms with van der Waals surface area (Å²) in [5.74, 6) is -0.680. The molecule has 0 bridgehead atoms. The number of aromatic carboxylic acids is 1. The number of ether oxygens (including phenoxy) is 1. The van der Waals surface area contributed by atoms with E-state index in [1.807, 2.05) is 13.0 Å². The summed E-state index contributed by atoms with van der Waals surface area (Å²) in [5.41, 5.74) is 1.14. The standard InChI is InChI=1S/C14H14N2O4/c1-7-4-5-10(20-3)9(6-7)12-11(13(17)18)8(2)15-14(19)16-12/h4-6H,1-3H3,(H,17,18)(H,15,16,19). The van der Waals surface area contributed by atoms with E-state index in [-0.39, 0.29) is 17.0 Å². The Kier molecular flexibility index (Phi) is 3.56. The zero-order valence-corrected chi connectivity index (χ0v) is 11.4. The lowest BCUT2D eigenvalue weighted by atomic mass is 10.0. The number of benzene rings is 1. The van der Waals surface area contributed by atoms with Gasteiger partial charge >= 0.3 is 11.7 Å². The predicted octanol–water partition coefficient (Wildman–Crippen LogP) is 1.76. The molecule has 20 heavy (non-hydrogen) atoms. The topological polar surface area (TPSA) is 92.3 Å². The van der Waals surface area contributed by atoms with Gasteiger partial charge in [-0.25, -0.2) is 9.59 Å². The second-order valence-electron chi connectivity index (χ2n) is 4.40. The van der Waals surface area contributed by atoms with Crippen LogP contribution in [0.2, 0.25) is 0 Å². The van der Waals surface area contributed by atoms with Crippen LogP contribution in [-0.2, 0) is 0 Å². The number of aromatic amines is 1. The van der Waals surface area contributed by atoms with Crippen LogP contribution in [0, 0.1) is 13.8 Å². The zero-order valence-electron chi connectivity index (χ0n) is 11.4. The Morgan fingerprint density at radius 3 is 2.65 bits per heavy atom. The first-order chi connectivity index (χ1) is 9.43. The number of nitrogens with zero attached hydrogens (tertiary/aromatic N) is 1. The van der Waals surface area contributed by atoms with E-state index in [2.05, 4.69) is 9.97 Å². The van der Waals surface area contributed by atoms with Crippen molar-refractivity contribution in [3.63, 3.8) is 0 Å². The third kappa shape index (κ3) is 2.40. The van der Waals surface area contributed by atoms with Crippen molar-refractivity contribution in [2.75, 3.05) is 7.11 Å². The molecule has 0 atom stereocenters. The average Bonchev–Trinajstić information content (AvgIpc) is 2.37. The number of aryl methyl sites for hydroxylation is 2. The fraction of sp³-hybridized carbons (Fsp3) is 0.214. The van der Waals surface area contributed by atoms with E-state index in [1.54, 1.807) is 12.1 Å². The molecule has 2 rings (SSSR count). The molecular formula is C14H14N2O4. The van der Waals surface area contributed by atoms with Gasteiger partial charge in [-0.1, -0.05) is 11.6 Å². The van der Waals surface area contributed by atoms with Crippen molar-refractivity contribution in [1.82, 2.24) is 9.97 Å². The Morgan fingerprint density at radius 2 is 2.05 bits per heavy atom. The summed E-state index contributed by atoms with van der Waals surface area (Å²) >= 11 is 0. The van der Waals surface area contributed by atoms with Gasteiger partial charge < -0.3 is 14.8 Å². The van der Waals surface area contributed by atoms with Crippen molar-refractivity contribution < 1.29 is 14.6 Å². The molecule has 6 nitrogen and oxygen atoms in total. The third-order valence-corrected chi connectivity index (χ3v) is 2.94. The van der Waals surface area contributed by atoms with Crippen molar-refractivity contribution in [2.45, 2.75) is 13.8 Å². The molecule has 6 heteroatoms. The molecule has 104 valence electrons. The van der Waals surface area contributed by atoms with Crippen LogP contribution >= 0.6 is 0 Å². The Hall–Kier alpha value is -2.63. The average molecular weight is 274 g/mol. The number of hydrogen-bond donors (Lipinski definition) is 2. The Morgan fingerprint density at radius 1 is 1.35 bits per heavy atom. The predicted molar refractivity (Wildman–Crippen MR) is 73.3 cm³/mol. The highest BCUT2D eigenvalue weighted by atomic mass is 16.5. The van der Waals surface area contributed by atoms with Crippen LogP contribution in [0.4, 0.5) is 0 Å². The van der Waals surface area contributed by atoms with Gasteiger partial charge in [0.25, 0.3) is 0 Å². The van der Waals surface area contributed by atoms with Gasteiger partial charge in [0, 0.05) is 11.3 Å². The van der Waals surface area contributed by atoms with E-state index < -0.39 is 11.7 Å². The molecule has 0 unspecified atom stereocenters. The molecule has 0 aliphatic rings. The number of nitrogens with one attached hydrogen (secondary N) is 1. The number of hydrogen-bond acceptors (Lipinski definition) is 4. The van der Waals surface area contributed by atoms with Crippen LogP contribution in [0.25, 0.3) is 11.3 Å². The minimum atomic E-state index is -1.15. The summed E-state index contributed by atoms with van der Waals surface area (Å²) in [4.78, 5) is 29.1. The number of carboxylic acid groups (broad SMARTS) is 1. The van der Waals surface area contributed by atoms with Gasteiger partial charge in [0.15, 0.2) is 0 Å². The number of aromatic nitrogens is 2. The first kappa shape index (κ1) is 13.8. The fourth-order valence-corrected chi connectivity index (χ4v) is 2.05. The third-order valence-electron chi connectivity index (χ3n) is 2.94. The van der Waals surface area contributed by atoms with Gasteiger partial charge in [-0.3, -0.25) is 0 Å². The highest BCUT2D eigenvalue weighted by Crippen LogP contribution is 2.31. The van der Waals surface area contributed by atoms with Gasteiger partial charge in [-0.2, -0.15) is 4.98 Å². The summed E-state index contributed by atoms with van der Waals surface area (Å²) in [6.07, 6.45) is 0. The Bertz CT molecular complexity index is 734. The van der Waals surface area contributed by atoms with Crippen LogP contribution in [0.5, 0.6) is 5.75 Å². The van der Waals surface area contributed by atoms with Crippen LogP contribution in [0.3, 0.4) is 0 Å². The number of H-pyrrole nitrogens is 1. The Balaban J connectivity index is 2.85. The molecule has 0 radical (unpaired) electrons. The lowest BCUT2D eigenvalue weighted by Gasteiger charge is -2.12. The summed E-state index contributed by atoms with van der Waals surface area (Å²) in [5, 5.41) is 9.33. The van der Waals surface area contributed by atoms with E-state index in [4.69, 9.17) is 4.74 Å². The van der Waals surface area contributed by atoms with Gasteiger partial charge in [0.05, 0.1) is 12.8 Å². The minimum absolute atomic E-state index is 0.0338. The van der Waals surface area contributed by atoms with Crippen molar-refractivity contribution in [1.29, 1.82) is 0 Å². The van der Waals surface area contributed by atoms with E-state index in [9.17, 15) is 14.7 Å². The smallest absolute Gasteiger partial charge is 0.345 e. The molecular weight excluding hydrogens is 260 g/mol. The lowest BCUT2D eigenvalue weighted by molar-refractivity contribution is 0.0696. The highest BCUT2D eigenvalue weighted by Gasteiger charge is 2.20. The molecule has 2 aromatic rings. The molecule has 0 spiro atoms. The van der Waals surface area contributed by atoms with Crippen LogP contribution < -0.4 is 10.4 Å². The number of methoxy groups -OCH3 is 1. The normalized spacial score (nSPS) is 10.3. The molecule has 1 aromatic carbocycles. The van der Waals surface area contributed by atoms with Gasteiger partial charge in [0.1, 0.15) is 11.3 Å². The molecule has 2 N–H and O–H groups in total. The summed E-state index contributed by atoms with van der Waals surface area (Å²) in [7, 11) is 1.48. The monoisotopic (exact) mass is 274 g/mol. The van der Waals surface area contributed by atoms with Crippen LogP contribution in [0.1, 0.15) is 21.6 Å². The van der Waals surface area contributed by atoms with Crippen LogP contribution in [0.15, 0.2) is 23.0 Å².